The lowest BCUT2D eigenvalue weighted by molar-refractivity contribution is -0.115. The van der Waals surface area contributed by atoms with Crippen molar-refractivity contribution in [2.45, 2.75) is 69.7 Å². The van der Waals surface area contributed by atoms with Gasteiger partial charge in [0.05, 0.1) is 0 Å². The lowest BCUT2D eigenvalue weighted by Crippen LogP contribution is -2.61. The molecule has 2 heteroatoms. The topological polar surface area (TPSA) is 29.3 Å². The summed E-state index contributed by atoms with van der Waals surface area (Å²) in [6.45, 7) is 6.46. The van der Waals surface area contributed by atoms with Gasteiger partial charge in [-0.3, -0.25) is 0 Å². The third kappa shape index (κ3) is 1.81. The molecule has 4 saturated carbocycles. The third-order valence-corrected chi connectivity index (χ3v) is 9.73. The Morgan fingerprint density at radius 2 is 1.77 bits per heavy atom. The van der Waals surface area contributed by atoms with Gasteiger partial charge in [0, 0.05) is 18.0 Å². The molecule has 5 atom stereocenters. The summed E-state index contributed by atoms with van der Waals surface area (Å²) in [6, 6.07) is 12.1. The largest absolute Gasteiger partial charge is 0.328 e. The number of hydrogen-bond donors (Lipinski definition) is 1. The molecule has 26 heavy (non-hydrogen) atoms. The summed E-state index contributed by atoms with van der Waals surface area (Å²) >= 11 is 0. The van der Waals surface area contributed by atoms with Gasteiger partial charge in [0.15, 0.2) is 0 Å². The lowest BCUT2D eigenvalue weighted by atomic mass is 9.38. The predicted molar refractivity (Wildman–Crippen MR) is 106 cm³/mol. The molecule has 3 unspecified atom stereocenters. The van der Waals surface area contributed by atoms with E-state index in [9.17, 15) is 0 Å². The van der Waals surface area contributed by atoms with Gasteiger partial charge in [0.2, 0.25) is 0 Å². The van der Waals surface area contributed by atoms with Gasteiger partial charge in [0.1, 0.15) is 0 Å². The minimum absolute atomic E-state index is 0.448. The monoisotopic (exact) mass is 350 g/mol. The number of fused-ring (bicyclic) bond motifs is 2. The van der Waals surface area contributed by atoms with Crippen molar-refractivity contribution in [2.24, 2.45) is 27.9 Å². The number of benzene rings is 1. The lowest BCUT2D eigenvalue weighted by Gasteiger charge is -2.66. The molecule has 1 heterocycles. The fourth-order valence-electron chi connectivity index (χ4n) is 9.32. The average Bonchev–Trinajstić information content (AvgIpc) is 2.90. The Balaban J connectivity index is 1.38. The van der Waals surface area contributed by atoms with E-state index in [1.165, 1.54) is 71.0 Å². The highest BCUT2D eigenvalue weighted by atomic mass is 15.1. The first-order valence-electron chi connectivity index (χ1n) is 11.0. The molecule has 6 rings (SSSR count). The number of hydrogen-bond acceptors (Lipinski definition) is 2. The highest BCUT2D eigenvalue weighted by molar-refractivity contribution is 5.44. The van der Waals surface area contributed by atoms with Crippen LogP contribution in [0.15, 0.2) is 30.3 Å². The van der Waals surface area contributed by atoms with Gasteiger partial charge in [-0.05, 0) is 92.2 Å². The normalized spacial score (nSPS) is 50.0. The first kappa shape index (κ1) is 16.1. The van der Waals surface area contributed by atoms with Crippen molar-refractivity contribution in [1.29, 1.82) is 0 Å². The minimum atomic E-state index is 0.448. The molecular formula is C24H34N2. The van der Waals surface area contributed by atoms with E-state index in [2.05, 4.69) is 42.2 Å². The van der Waals surface area contributed by atoms with E-state index in [-0.39, 0.29) is 0 Å². The Kier molecular flexibility index (Phi) is 3.07. The first-order valence-corrected chi connectivity index (χ1v) is 11.0. The number of rotatable bonds is 3. The molecular weight excluding hydrogens is 316 g/mol. The van der Waals surface area contributed by atoms with Gasteiger partial charge in [-0.1, -0.05) is 37.3 Å². The van der Waals surface area contributed by atoms with Crippen molar-refractivity contribution in [3.8, 4) is 0 Å². The Labute approximate surface area is 158 Å². The molecule has 1 saturated heterocycles. The summed E-state index contributed by atoms with van der Waals surface area (Å²) in [5.74, 6) is 0.994. The van der Waals surface area contributed by atoms with Crippen LogP contribution in [0, 0.1) is 22.2 Å². The predicted octanol–water partition coefficient (Wildman–Crippen LogP) is 4.34. The second kappa shape index (κ2) is 4.94. The quantitative estimate of drug-likeness (QED) is 0.879. The van der Waals surface area contributed by atoms with Crippen LogP contribution in [0.5, 0.6) is 0 Å². The van der Waals surface area contributed by atoms with Crippen LogP contribution in [0.25, 0.3) is 0 Å². The molecule has 2 nitrogen and oxygen atoms in total. The average molecular weight is 351 g/mol. The maximum absolute atomic E-state index is 6.17. The maximum Gasteiger partial charge on any atom is 0.00631 e. The summed E-state index contributed by atoms with van der Waals surface area (Å²) in [6.07, 6.45) is 11.3. The van der Waals surface area contributed by atoms with Gasteiger partial charge in [-0.15, -0.1) is 0 Å². The zero-order valence-electron chi connectivity index (χ0n) is 16.3. The Hall–Kier alpha value is -0.860. The number of nitrogens with zero attached hydrogens (tertiary/aromatic N) is 1. The van der Waals surface area contributed by atoms with Crippen LogP contribution in [-0.2, 0) is 5.41 Å². The van der Waals surface area contributed by atoms with Crippen molar-refractivity contribution in [3.63, 3.8) is 0 Å². The molecule has 0 aromatic heterocycles. The van der Waals surface area contributed by atoms with Crippen molar-refractivity contribution >= 4 is 0 Å². The Bertz CT molecular complexity index is 723. The van der Waals surface area contributed by atoms with E-state index in [4.69, 9.17) is 5.73 Å². The molecule has 0 amide bonds. The standard InChI is InChI=1S/C24H34N2/c1-21-11-18-12-22(17-26-9-7-20(25)8-10-26)15-23(14-21,24(21,13-18)16-22)19-5-3-2-4-6-19/h2-6,18,20H,7-17,25H2,1H3/t18?,21-,22?,23+,24?/m1/s1. The summed E-state index contributed by atoms with van der Waals surface area (Å²) in [5, 5.41) is 0. The fourth-order valence-corrected chi connectivity index (χ4v) is 9.32. The Morgan fingerprint density at radius 1 is 1.00 bits per heavy atom. The third-order valence-electron chi connectivity index (χ3n) is 9.73. The summed E-state index contributed by atoms with van der Waals surface area (Å²) in [4.78, 5) is 2.78. The number of nitrogens with two attached hydrogens (primary N) is 1. The summed E-state index contributed by atoms with van der Waals surface area (Å²) < 4.78 is 0. The molecule has 5 fully saturated rings. The van der Waals surface area contributed by atoms with Crippen molar-refractivity contribution in [2.75, 3.05) is 19.6 Å². The summed E-state index contributed by atoms with van der Waals surface area (Å²) in [5.41, 5.74) is 10.1. The van der Waals surface area contributed by atoms with Gasteiger partial charge in [-0.2, -0.15) is 0 Å². The smallest absolute Gasteiger partial charge is 0.00631 e. The zero-order chi connectivity index (χ0) is 17.6. The SMILES string of the molecule is C[C@]12CC3CC4(CN5CCC(N)CC5)CC1(C3)[C@](c1ccccc1)(C4)C2. The van der Waals surface area contributed by atoms with E-state index >= 15 is 0 Å². The van der Waals surface area contributed by atoms with Crippen molar-refractivity contribution in [1.82, 2.24) is 4.90 Å². The summed E-state index contributed by atoms with van der Waals surface area (Å²) in [7, 11) is 0. The van der Waals surface area contributed by atoms with Crippen LogP contribution in [0.2, 0.25) is 0 Å². The van der Waals surface area contributed by atoms with Gasteiger partial charge in [-0.25, -0.2) is 0 Å². The van der Waals surface area contributed by atoms with Gasteiger partial charge >= 0.3 is 0 Å². The molecule has 0 radical (unpaired) electrons. The van der Waals surface area contributed by atoms with Gasteiger partial charge < -0.3 is 10.6 Å². The molecule has 1 spiro atoms. The van der Waals surface area contributed by atoms with Crippen LogP contribution in [-0.4, -0.2) is 30.6 Å². The van der Waals surface area contributed by atoms with Crippen LogP contribution < -0.4 is 5.73 Å². The highest BCUT2D eigenvalue weighted by Crippen LogP contribution is 2.88. The molecule has 4 aliphatic carbocycles. The van der Waals surface area contributed by atoms with Crippen LogP contribution in [0.1, 0.15) is 63.9 Å². The molecule has 2 N–H and O–H groups in total. The molecule has 140 valence electrons. The Morgan fingerprint density at radius 3 is 2.54 bits per heavy atom. The molecule has 5 aliphatic rings. The number of piperidine rings is 1. The first-order chi connectivity index (χ1) is 12.5. The van der Waals surface area contributed by atoms with Crippen LogP contribution in [0.3, 0.4) is 0 Å². The van der Waals surface area contributed by atoms with E-state index in [1.807, 2.05) is 0 Å². The van der Waals surface area contributed by atoms with Crippen molar-refractivity contribution < 1.29 is 0 Å². The zero-order valence-corrected chi connectivity index (χ0v) is 16.3. The van der Waals surface area contributed by atoms with Crippen molar-refractivity contribution in [3.05, 3.63) is 35.9 Å². The molecule has 1 aromatic rings. The minimum Gasteiger partial charge on any atom is -0.328 e. The maximum atomic E-state index is 6.17. The van der Waals surface area contributed by atoms with Crippen LogP contribution >= 0.6 is 0 Å². The molecule has 1 aliphatic heterocycles. The van der Waals surface area contributed by atoms with Gasteiger partial charge in [0.25, 0.3) is 0 Å². The van der Waals surface area contributed by atoms with Crippen LogP contribution in [0.4, 0.5) is 0 Å². The molecule has 1 aromatic carbocycles. The molecule has 3 bridgehead atoms. The van der Waals surface area contributed by atoms with E-state index in [0.717, 1.165) is 5.92 Å². The van der Waals surface area contributed by atoms with E-state index < -0.39 is 0 Å². The second-order valence-electron chi connectivity index (χ2n) is 11.2. The van der Waals surface area contributed by atoms with E-state index in [1.54, 1.807) is 5.56 Å². The van der Waals surface area contributed by atoms with E-state index in [0.29, 0.717) is 27.7 Å². The second-order valence-corrected chi connectivity index (χ2v) is 11.2. The number of likely N-dealkylation sites (tertiary alicyclic amines) is 1. The fraction of sp³-hybridized carbons (Fsp3) is 0.750. The highest BCUT2D eigenvalue weighted by Gasteiger charge is 2.82.